The number of carbonyl (C=O) groups is 3. The fourth-order valence-corrected chi connectivity index (χ4v) is 5.62. The zero-order valence-electron chi connectivity index (χ0n) is 20.8. The Kier molecular flexibility index (Phi) is 7.60. The maximum atomic E-state index is 13.1. The van der Waals surface area contributed by atoms with Crippen LogP contribution in [0.3, 0.4) is 0 Å². The molecule has 0 aromatic heterocycles. The van der Waals surface area contributed by atoms with E-state index >= 15 is 0 Å². The van der Waals surface area contributed by atoms with Gasteiger partial charge in [-0.15, -0.1) is 0 Å². The maximum absolute atomic E-state index is 13.1. The number of benzene rings is 2. The first-order valence-corrected chi connectivity index (χ1v) is 13.2. The minimum Gasteiger partial charge on any atom is -0.445 e. The van der Waals surface area contributed by atoms with E-state index in [-0.39, 0.29) is 17.9 Å². The zero-order valence-corrected chi connectivity index (χ0v) is 20.8. The van der Waals surface area contributed by atoms with E-state index in [9.17, 15) is 14.4 Å². The molecule has 3 amide bonds. The van der Waals surface area contributed by atoms with E-state index in [1.165, 1.54) is 6.42 Å². The highest BCUT2D eigenvalue weighted by Gasteiger charge is 2.59. The van der Waals surface area contributed by atoms with Gasteiger partial charge in [-0.3, -0.25) is 14.8 Å². The number of anilines is 1. The SMILES string of the molecule is O=C(NC1CCCCC1)O[C@@H]1C(c2ccc(C(=O)N3CCN(c4ccccc4)CC3)cc2)[C@@H]1C(=O)NO. The van der Waals surface area contributed by atoms with Gasteiger partial charge in [0, 0.05) is 49.4 Å². The molecule has 1 unspecified atom stereocenters. The molecule has 3 aliphatic rings. The Labute approximate surface area is 216 Å². The summed E-state index contributed by atoms with van der Waals surface area (Å²) in [5, 5.41) is 12.1. The van der Waals surface area contributed by atoms with Crippen molar-refractivity contribution in [2.45, 2.75) is 50.2 Å². The van der Waals surface area contributed by atoms with Crippen LogP contribution in [0.2, 0.25) is 0 Å². The number of rotatable bonds is 6. The third kappa shape index (κ3) is 5.72. The van der Waals surface area contributed by atoms with Crippen molar-refractivity contribution in [3.63, 3.8) is 0 Å². The number of piperazine rings is 1. The van der Waals surface area contributed by atoms with Crippen LogP contribution in [0.4, 0.5) is 10.5 Å². The van der Waals surface area contributed by atoms with Crippen LogP contribution in [0.15, 0.2) is 54.6 Å². The summed E-state index contributed by atoms with van der Waals surface area (Å²) in [4.78, 5) is 41.9. The van der Waals surface area contributed by atoms with Crippen LogP contribution in [0.5, 0.6) is 0 Å². The Morgan fingerprint density at radius 1 is 0.865 bits per heavy atom. The highest BCUT2D eigenvalue weighted by Crippen LogP contribution is 2.50. The summed E-state index contributed by atoms with van der Waals surface area (Å²) < 4.78 is 5.58. The number of amides is 3. The fourth-order valence-electron chi connectivity index (χ4n) is 5.62. The van der Waals surface area contributed by atoms with Gasteiger partial charge < -0.3 is 19.9 Å². The molecule has 2 aliphatic carbocycles. The van der Waals surface area contributed by atoms with Gasteiger partial charge in [0.25, 0.3) is 11.8 Å². The van der Waals surface area contributed by atoms with Gasteiger partial charge in [-0.05, 0) is 42.7 Å². The largest absolute Gasteiger partial charge is 0.445 e. The van der Waals surface area contributed by atoms with E-state index in [1.807, 2.05) is 23.1 Å². The van der Waals surface area contributed by atoms with E-state index in [4.69, 9.17) is 9.94 Å². The molecule has 3 N–H and O–H groups in total. The minimum absolute atomic E-state index is 0.0284. The van der Waals surface area contributed by atoms with Gasteiger partial charge in [0.1, 0.15) is 6.10 Å². The number of nitrogens with one attached hydrogen (secondary N) is 2. The van der Waals surface area contributed by atoms with Gasteiger partial charge in [-0.25, -0.2) is 10.3 Å². The van der Waals surface area contributed by atoms with Gasteiger partial charge in [0.2, 0.25) is 0 Å². The molecule has 3 atom stereocenters. The molecule has 2 saturated carbocycles. The standard InChI is InChI=1S/C28H34N4O5/c33-26(30-36)24-23(25(24)37-28(35)29-21-7-3-1-4-8-21)19-11-13-20(14-12-19)27(34)32-17-15-31(16-18-32)22-9-5-2-6-10-22/h2,5-6,9-14,21,23-25,36H,1,3-4,7-8,15-18H2,(H,29,35)(H,30,33)/t23?,24-,25+/m0/s1. The third-order valence-electron chi connectivity index (χ3n) is 7.77. The first-order chi connectivity index (χ1) is 18.0. The highest BCUT2D eigenvalue weighted by molar-refractivity contribution is 5.94. The van der Waals surface area contributed by atoms with Crippen molar-refractivity contribution in [3.05, 3.63) is 65.7 Å². The molecular weight excluding hydrogens is 472 g/mol. The van der Waals surface area contributed by atoms with Crippen LogP contribution in [0.1, 0.15) is 53.9 Å². The van der Waals surface area contributed by atoms with Crippen LogP contribution < -0.4 is 15.7 Å². The lowest BCUT2D eigenvalue weighted by Gasteiger charge is -2.36. The molecular formula is C28H34N4O5. The third-order valence-corrected chi connectivity index (χ3v) is 7.77. The fraction of sp³-hybridized carbons (Fsp3) is 0.464. The number of nitrogens with zero attached hydrogens (tertiary/aromatic N) is 2. The molecule has 1 saturated heterocycles. The number of hydrogen-bond acceptors (Lipinski definition) is 6. The Morgan fingerprint density at radius 2 is 1.54 bits per heavy atom. The maximum Gasteiger partial charge on any atom is 0.407 e. The molecule has 9 nitrogen and oxygen atoms in total. The molecule has 2 aromatic rings. The highest BCUT2D eigenvalue weighted by atomic mass is 16.6. The van der Waals surface area contributed by atoms with Crippen LogP contribution >= 0.6 is 0 Å². The van der Waals surface area contributed by atoms with E-state index < -0.39 is 24.0 Å². The van der Waals surface area contributed by atoms with Gasteiger partial charge in [-0.1, -0.05) is 49.6 Å². The monoisotopic (exact) mass is 506 g/mol. The summed E-state index contributed by atoms with van der Waals surface area (Å²) in [7, 11) is 0. The van der Waals surface area contributed by atoms with Crippen molar-refractivity contribution in [3.8, 4) is 0 Å². The molecule has 5 rings (SSSR count). The normalized spacial score (nSPS) is 23.8. The van der Waals surface area contributed by atoms with Crippen molar-refractivity contribution >= 4 is 23.6 Å². The lowest BCUT2D eigenvalue weighted by atomic mass is 9.96. The molecule has 3 fully saturated rings. The van der Waals surface area contributed by atoms with Crippen LogP contribution in [0.25, 0.3) is 0 Å². The van der Waals surface area contributed by atoms with E-state index in [2.05, 4.69) is 22.3 Å². The van der Waals surface area contributed by atoms with Crippen LogP contribution in [-0.4, -0.2) is 66.3 Å². The summed E-state index contributed by atoms with van der Waals surface area (Å²) in [5.74, 6) is -1.66. The summed E-state index contributed by atoms with van der Waals surface area (Å²) >= 11 is 0. The summed E-state index contributed by atoms with van der Waals surface area (Å²) in [6, 6.07) is 17.4. The second kappa shape index (κ2) is 11.2. The number of hydroxylamine groups is 1. The Hall–Kier alpha value is -3.59. The Balaban J connectivity index is 1.18. The molecule has 1 heterocycles. The Morgan fingerprint density at radius 3 is 2.19 bits per heavy atom. The molecule has 2 aromatic carbocycles. The molecule has 1 aliphatic heterocycles. The van der Waals surface area contributed by atoms with Crippen molar-refractivity contribution in [1.82, 2.24) is 15.7 Å². The first-order valence-electron chi connectivity index (χ1n) is 13.2. The molecule has 0 spiro atoms. The van der Waals surface area contributed by atoms with Gasteiger partial charge in [-0.2, -0.15) is 0 Å². The second-order valence-electron chi connectivity index (χ2n) is 10.1. The summed E-state index contributed by atoms with van der Waals surface area (Å²) in [6.07, 6.45) is 4.01. The molecule has 37 heavy (non-hydrogen) atoms. The van der Waals surface area contributed by atoms with Gasteiger partial charge in [0.05, 0.1) is 5.92 Å². The minimum atomic E-state index is -0.672. The number of alkyl carbamates (subject to hydrolysis) is 1. The van der Waals surface area contributed by atoms with E-state index in [0.717, 1.165) is 50.0 Å². The topological polar surface area (TPSA) is 111 Å². The lowest BCUT2D eigenvalue weighted by molar-refractivity contribution is -0.131. The van der Waals surface area contributed by atoms with Crippen molar-refractivity contribution in [2.24, 2.45) is 5.92 Å². The van der Waals surface area contributed by atoms with E-state index in [1.54, 1.807) is 29.7 Å². The predicted molar refractivity (Wildman–Crippen MR) is 137 cm³/mol. The summed E-state index contributed by atoms with van der Waals surface area (Å²) in [5.41, 5.74) is 4.21. The van der Waals surface area contributed by atoms with Crippen molar-refractivity contribution in [1.29, 1.82) is 0 Å². The molecule has 0 bridgehead atoms. The number of para-hydroxylation sites is 1. The quantitative estimate of drug-likeness (QED) is 0.410. The Bertz CT molecular complexity index is 1100. The molecule has 0 radical (unpaired) electrons. The van der Waals surface area contributed by atoms with E-state index in [0.29, 0.717) is 18.7 Å². The van der Waals surface area contributed by atoms with Crippen molar-refractivity contribution < 1.29 is 24.3 Å². The van der Waals surface area contributed by atoms with Gasteiger partial charge in [0.15, 0.2) is 0 Å². The van der Waals surface area contributed by atoms with Crippen LogP contribution in [-0.2, 0) is 9.53 Å². The molecule has 9 heteroatoms. The summed E-state index contributed by atoms with van der Waals surface area (Å²) in [6.45, 7) is 2.83. The smallest absolute Gasteiger partial charge is 0.407 e. The average Bonchev–Trinajstić information content (AvgIpc) is 3.66. The molecule has 196 valence electrons. The number of hydrogen-bond donors (Lipinski definition) is 3. The van der Waals surface area contributed by atoms with Gasteiger partial charge >= 0.3 is 6.09 Å². The zero-order chi connectivity index (χ0) is 25.8. The second-order valence-corrected chi connectivity index (χ2v) is 10.1. The first kappa shape index (κ1) is 25.1. The predicted octanol–water partition coefficient (Wildman–Crippen LogP) is 3.30. The number of ether oxygens (including phenoxy) is 1. The van der Waals surface area contributed by atoms with Crippen molar-refractivity contribution in [2.75, 3.05) is 31.1 Å². The van der Waals surface area contributed by atoms with Crippen LogP contribution in [0, 0.1) is 5.92 Å². The lowest BCUT2D eigenvalue weighted by Crippen LogP contribution is -2.48. The number of carbonyl (C=O) groups excluding carboxylic acids is 3. The average molecular weight is 507 g/mol.